The Morgan fingerprint density at radius 3 is 2.52 bits per heavy atom. The summed E-state index contributed by atoms with van der Waals surface area (Å²) in [5.41, 5.74) is 1.24. The Balaban J connectivity index is 1.88. The van der Waals surface area contributed by atoms with Crippen LogP contribution < -0.4 is 9.46 Å². The molecule has 0 aliphatic rings. The van der Waals surface area contributed by atoms with E-state index in [-0.39, 0.29) is 18.6 Å². The molecule has 23 heavy (non-hydrogen) atoms. The second kappa shape index (κ2) is 7.03. The number of sulfonamides is 1. The van der Waals surface area contributed by atoms with Gasteiger partial charge >= 0.3 is 0 Å². The van der Waals surface area contributed by atoms with Gasteiger partial charge in [0.05, 0.1) is 0 Å². The number of aryl methyl sites for hydroxylation is 1. The zero-order chi connectivity index (χ0) is 17.1. The Kier molecular flexibility index (Phi) is 5.49. The molecule has 2 aromatic rings. The third-order valence-corrected chi connectivity index (χ3v) is 6.30. The number of hydrogen-bond donors (Lipinski definition) is 1. The molecule has 0 saturated heterocycles. The molecule has 126 valence electrons. The van der Waals surface area contributed by atoms with Crippen LogP contribution in [0.3, 0.4) is 0 Å². The Bertz CT molecular complexity index is 758. The summed E-state index contributed by atoms with van der Waals surface area (Å²) in [5.74, 6) is 0.753. The smallest absolute Gasteiger partial charge is 0.250 e. The lowest BCUT2D eigenvalue weighted by molar-refractivity contribution is 0.322. The molecule has 0 aliphatic carbocycles. The van der Waals surface area contributed by atoms with E-state index < -0.39 is 10.0 Å². The van der Waals surface area contributed by atoms with Gasteiger partial charge in [-0.05, 0) is 42.2 Å². The van der Waals surface area contributed by atoms with Crippen LogP contribution in [0.15, 0.2) is 40.6 Å². The molecule has 4 nitrogen and oxygen atoms in total. The van der Waals surface area contributed by atoms with Gasteiger partial charge in [0.1, 0.15) is 16.6 Å². The first kappa shape index (κ1) is 18.0. The summed E-state index contributed by atoms with van der Waals surface area (Å²) in [7, 11) is -3.44. The van der Waals surface area contributed by atoms with Crippen LogP contribution in [0.25, 0.3) is 0 Å². The minimum atomic E-state index is -3.44. The lowest BCUT2D eigenvalue weighted by atomic mass is 9.87. The van der Waals surface area contributed by atoms with Gasteiger partial charge in [-0.1, -0.05) is 32.9 Å². The van der Waals surface area contributed by atoms with Gasteiger partial charge in [0, 0.05) is 11.4 Å². The highest BCUT2D eigenvalue weighted by molar-refractivity contribution is 7.91. The average Bonchev–Trinajstić information content (AvgIpc) is 2.91. The van der Waals surface area contributed by atoms with Crippen molar-refractivity contribution in [2.24, 2.45) is 0 Å². The number of benzene rings is 1. The van der Waals surface area contributed by atoms with Crippen LogP contribution in [-0.2, 0) is 15.4 Å². The third kappa shape index (κ3) is 5.06. The molecule has 0 fully saturated rings. The zero-order valence-electron chi connectivity index (χ0n) is 13.9. The van der Waals surface area contributed by atoms with Crippen molar-refractivity contribution in [2.75, 3.05) is 13.2 Å². The van der Waals surface area contributed by atoms with Gasteiger partial charge < -0.3 is 4.74 Å². The fourth-order valence-electron chi connectivity index (χ4n) is 2.02. The molecular weight excluding hydrogens is 330 g/mol. The van der Waals surface area contributed by atoms with E-state index in [1.807, 2.05) is 25.1 Å². The van der Waals surface area contributed by atoms with Crippen molar-refractivity contribution in [1.82, 2.24) is 4.72 Å². The van der Waals surface area contributed by atoms with Crippen LogP contribution in [0.1, 0.15) is 31.2 Å². The van der Waals surface area contributed by atoms with Crippen molar-refractivity contribution in [3.63, 3.8) is 0 Å². The van der Waals surface area contributed by atoms with Crippen molar-refractivity contribution in [3.8, 4) is 5.75 Å². The van der Waals surface area contributed by atoms with Crippen LogP contribution in [0.4, 0.5) is 0 Å². The van der Waals surface area contributed by atoms with Crippen molar-refractivity contribution in [1.29, 1.82) is 0 Å². The summed E-state index contributed by atoms with van der Waals surface area (Å²) < 4.78 is 32.7. The molecule has 0 atom stereocenters. The zero-order valence-corrected chi connectivity index (χ0v) is 15.6. The summed E-state index contributed by atoms with van der Waals surface area (Å²) in [6, 6.07) is 11.3. The third-order valence-electron chi connectivity index (χ3n) is 3.34. The second-order valence-corrected chi connectivity index (χ2v) is 9.67. The first-order valence-corrected chi connectivity index (χ1v) is 9.78. The lowest BCUT2D eigenvalue weighted by Crippen LogP contribution is -2.27. The van der Waals surface area contributed by atoms with Gasteiger partial charge in [0.2, 0.25) is 10.0 Å². The largest absolute Gasteiger partial charge is 0.492 e. The Morgan fingerprint density at radius 2 is 1.91 bits per heavy atom. The fraction of sp³-hybridized carbons (Fsp3) is 0.412. The van der Waals surface area contributed by atoms with Crippen LogP contribution in [0.2, 0.25) is 0 Å². The van der Waals surface area contributed by atoms with Crippen molar-refractivity contribution < 1.29 is 13.2 Å². The maximum absolute atomic E-state index is 12.1. The van der Waals surface area contributed by atoms with E-state index in [1.165, 1.54) is 16.9 Å². The molecule has 0 aliphatic heterocycles. The van der Waals surface area contributed by atoms with Crippen molar-refractivity contribution >= 4 is 21.4 Å². The summed E-state index contributed by atoms with van der Waals surface area (Å²) in [5, 5.41) is 0. The van der Waals surface area contributed by atoms with Gasteiger partial charge in [-0.3, -0.25) is 0 Å². The predicted octanol–water partition coefficient (Wildman–Crippen LogP) is 3.71. The Hall–Kier alpha value is -1.37. The quantitative estimate of drug-likeness (QED) is 0.806. The fourth-order valence-corrected chi connectivity index (χ4v) is 4.37. The van der Waals surface area contributed by atoms with E-state index in [0.29, 0.717) is 4.21 Å². The summed E-state index contributed by atoms with van der Waals surface area (Å²) in [6.45, 7) is 8.83. The molecule has 0 unspecified atom stereocenters. The number of nitrogens with one attached hydrogen (secondary N) is 1. The highest BCUT2D eigenvalue weighted by atomic mass is 32.2. The number of thiophene rings is 1. The van der Waals surface area contributed by atoms with Crippen LogP contribution in [-0.4, -0.2) is 21.6 Å². The van der Waals surface area contributed by atoms with Gasteiger partial charge in [-0.15, -0.1) is 11.3 Å². The molecule has 1 heterocycles. The molecule has 2 rings (SSSR count). The van der Waals surface area contributed by atoms with E-state index in [4.69, 9.17) is 4.74 Å². The minimum absolute atomic E-state index is 0.0536. The molecule has 1 N–H and O–H groups in total. The summed E-state index contributed by atoms with van der Waals surface area (Å²) in [4.78, 5) is 0.973. The highest BCUT2D eigenvalue weighted by Crippen LogP contribution is 2.25. The average molecular weight is 354 g/mol. The first-order valence-electron chi connectivity index (χ1n) is 7.48. The minimum Gasteiger partial charge on any atom is -0.492 e. The highest BCUT2D eigenvalue weighted by Gasteiger charge is 2.16. The lowest BCUT2D eigenvalue weighted by Gasteiger charge is -2.19. The van der Waals surface area contributed by atoms with Crippen molar-refractivity contribution in [2.45, 2.75) is 37.3 Å². The molecule has 0 amide bonds. The van der Waals surface area contributed by atoms with E-state index in [1.54, 1.807) is 12.1 Å². The van der Waals surface area contributed by atoms with E-state index in [0.717, 1.165) is 10.6 Å². The van der Waals surface area contributed by atoms with Gasteiger partial charge in [0.25, 0.3) is 0 Å². The summed E-state index contributed by atoms with van der Waals surface area (Å²) >= 11 is 1.26. The van der Waals surface area contributed by atoms with E-state index in [2.05, 4.69) is 31.6 Å². The first-order chi connectivity index (χ1) is 10.7. The molecule has 0 radical (unpaired) electrons. The molecule has 1 aromatic carbocycles. The Labute approximate surface area is 142 Å². The second-order valence-electron chi connectivity index (χ2n) is 6.39. The molecule has 0 bridgehead atoms. The summed E-state index contributed by atoms with van der Waals surface area (Å²) in [6.07, 6.45) is 0. The van der Waals surface area contributed by atoms with Crippen molar-refractivity contribution in [3.05, 3.63) is 46.8 Å². The maximum atomic E-state index is 12.1. The number of ether oxygens (including phenoxy) is 1. The number of rotatable bonds is 6. The van der Waals surface area contributed by atoms with Crippen LogP contribution in [0, 0.1) is 6.92 Å². The molecule has 0 saturated carbocycles. The normalized spacial score (nSPS) is 12.3. The van der Waals surface area contributed by atoms with Gasteiger partial charge in [-0.2, -0.15) is 0 Å². The van der Waals surface area contributed by atoms with E-state index in [9.17, 15) is 8.42 Å². The van der Waals surface area contributed by atoms with Crippen LogP contribution >= 0.6 is 11.3 Å². The molecule has 6 heteroatoms. The maximum Gasteiger partial charge on any atom is 0.250 e. The van der Waals surface area contributed by atoms with Gasteiger partial charge in [-0.25, -0.2) is 13.1 Å². The molecule has 0 spiro atoms. The Morgan fingerprint density at radius 1 is 1.17 bits per heavy atom. The topological polar surface area (TPSA) is 55.4 Å². The van der Waals surface area contributed by atoms with E-state index >= 15 is 0 Å². The molecule has 1 aromatic heterocycles. The predicted molar refractivity (Wildman–Crippen MR) is 94.9 cm³/mol. The van der Waals surface area contributed by atoms with Crippen LogP contribution in [0.5, 0.6) is 5.75 Å². The van der Waals surface area contributed by atoms with Gasteiger partial charge in [0.15, 0.2) is 0 Å². The standard InChI is InChI=1S/C17H23NO3S2/c1-13-8-9-16(22-13)23(19,20)18-10-11-21-15-7-5-6-14(12-15)17(2,3)4/h5-9,12,18H,10-11H2,1-4H3. The SMILES string of the molecule is Cc1ccc(S(=O)(=O)NCCOc2cccc(C(C)(C)C)c2)s1. The monoisotopic (exact) mass is 353 g/mol. The molecular formula is C17H23NO3S2. The number of hydrogen-bond acceptors (Lipinski definition) is 4.